The average molecular weight is 386 g/mol. The van der Waals surface area contributed by atoms with Gasteiger partial charge in [0.1, 0.15) is 11.3 Å². The van der Waals surface area contributed by atoms with Crippen LogP contribution >= 0.6 is 0 Å². The molecule has 3 rings (SSSR count). The fourth-order valence-corrected chi connectivity index (χ4v) is 3.13. The van der Waals surface area contributed by atoms with Crippen molar-refractivity contribution in [3.63, 3.8) is 0 Å². The predicted octanol–water partition coefficient (Wildman–Crippen LogP) is 1.27. The number of hydrogen-bond donors (Lipinski definition) is 2. The Kier molecular flexibility index (Phi) is 5.34. The minimum atomic E-state index is -0.740. The topological polar surface area (TPSA) is 117 Å². The van der Waals surface area contributed by atoms with Gasteiger partial charge in [-0.2, -0.15) is 5.10 Å². The molecule has 148 valence electrons. The van der Waals surface area contributed by atoms with Crippen molar-refractivity contribution < 1.29 is 14.6 Å². The number of ether oxygens (including phenoxy) is 1. The Labute approximate surface area is 160 Å². The first-order valence-corrected chi connectivity index (χ1v) is 9.02. The number of carbonyl (C=O) groups is 1. The number of carbonyl (C=O) groups excluding carboxylic acids is 1. The van der Waals surface area contributed by atoms with E-state index in [0.717, 1.165) is 10.1 Å². The monoisotopic (exact) mass is 386 g/mol. The third kappa shape index (κ3) is 3.42. The van der Waals surface area contributed by atoms with Crippen molar-refractivity contribution in [1.29, 1.82) is 0 Å². The number of nitrogens with one attached hydrogen (secondary N) is 1. The zero-order chi connectivity index (χ0) is 20.4. The molecule has 2 N–H and O–H groups in total. The number of amides is 1. The molecule has 9 heteroatoms. The number of aromatic amines is 1. The summed E-state index contributed by atoms with van der Waals surface area (Å²) in [5.41, 5.74) is -0.505. The number of H-pyrrole nitrogens is 1. The van der Waals surface area contributed by atoms with E-state index in [1.54, 1.807) is 6.92 Å². The Morgan fingerprint density at radius 2 is 1.96 bits per heavy atom. The number of rotatable bonds is 5. The number of hydrogen-bond acceptors (Lipinski definition) is 6. The fourth-order valence-electron chi connectivity index (χ4n) is 3.13. The highest BCUT2D eigenvalue weighted by atomic mass is 16.5. The van der Waals surface area contributed by atoms with Gasteiger partial charge in [-0.3, -0.25) is 19.1 Å². The van der Waals surface area contributed by atoms with Gasteiger partial charge in [-0.25, -0.2) is 9.80 Å². The minimum Gasteiger partial charge on any atom is -0.494 e. The van der Waals surface area contributed by atoms with E-state index >= 15 is 0 Å². The number of aromatic hydroxyl groups is 1. The summed E-state index contributed by atoms with van der Waals surface area (Å²) < 4.78 is 6.37. The zero-order valence-corrected chi connectivity index (χ0v) is 15.9. The Balaban J connectivity index is 2.03. The first-order valence-electron chi connectivity index (χ1n) is 9.02. The number of hydrazone groups is 1. The molecule has 0 aliphatic carbocycles. The summed E-state index contributed by atoms with van der Waals surface area (Å²) in [5, 5.41) is 15.9. The Bertz CT molecular complexity index is 1040. The van der Waals surface area contributed by atoms with Gasteiger partial charge in [0, 0.05) is 19.9 Å². The van der Waals surface area contributed by atoms with E-state index < -0.39 is 23.2 Å². The quantitative estimate of drug-likeness (QED) is 0.802. The molecule has 1 atom stereocenters. The van der Waals surface area contributed by atoms with E-state index in [4.69, 9.17) is 4.74 Å². The van der Waals surface area contributed by atoms with Crippen LogP contribution in [-0.4, -0.2) is 37.9 Å². The second-order valence-corrected chi connectivity index (χ2v) is 6.38. The van der Waals surface area contributed by atoms with Crippen molar-refractivity contribution in [2.24, 2.45) is 12.1 Å². The van der Waals surface area contributed by atoms with Gasteiger partial charge in [0.15, 0.2) is 0 Å². The maximum Gasteiger partial charge on any atom is 0.330 e. The molecule has 0 fully saturated rings. The van der Waals surface area contributed by atoms with Gasteiger partial charge in [0.25, 0.3) is 5.56 Å². The molecule has 0 unspecified atom stereocenters. The van der Waals surface area contributed by atoms with Crippen molar-refractivity contribution in [2.45, 2.75) is 32.7 Å². The molecule has 0 saturated heterocycles. The highest BCUT2D eigenvalue weighted by molar-refractivity contribution is 6.04. The standard InChI is InChI=1S/C19H22N4O5/c1-4-15(24)23-14(11-6-8-12(9-7-11)28-5-2)10-13(21-23)16-17(25)20-19(27)22(3)18(16)26/h6-9,14,26H,4-5,10H2,1-3H3,(H,20,25,27)/t14-/m0/s1. The van der Waals surface area contributed by atoms with Gasteiger partial charge in [-0.15, -0.1) is 0 Å². The van der Waals surface area contributed by atoms with Crippen LogP contribution in [0.2, 0.25) is 0 Å². The molecule has 0 bridgehead atoms. The lowest BCUT2D eigenvalue weighted by atomic mass is 9.99. The lowest BCUT2D eigenvalue weighted by molar-refractivity contribution is -0.132. The summed E-state index contributed by atoms with van der Waals surface area (Å²) in [6.07, 6.45) is 0.467. The molecule has 1 aliphatic rings. The molecule has 28 heavy (non-hydrogen) atoms. The van der Waals surface area contributed by atoms with Crippen LogP contribution < -0.4 is 16.0 Å². The summed E-state index contributed by atoms with van der Waals surface area (Å²) in [7, 11) is 1.34. The van der Waals surface area contributed by atoms with Crippen LogP contribution in [0.3, 0.4) is 0 Å². The highest BCUT2D eigenvalue weighted by Gasteiger charge is 2.34. The second-order valence-electron chi connectivity index (χ2n) is 6.38. The molecule has 0 saturated carbocycles. The molecule has 1 amide bonds. The van der Waals surface area contributed by atoms with E-state index in [0.29, 0.717) is 12.4 Å². The summed E-state index contributed by atoms with van der Waals surface area (Å²) in [4.78, 5) is 38.5. The Morgan fingerprint density at radius 1 is 1.29 bits per heavy atom. The second kappa shape index (κ2) is 7.71. The Morgan fingerprint density at radius 3 is 2.57 bits per heavy atom. The molecule has 1 aromatic heterocycles. The van der Waals surface area contributed by atoms with Crippen LogP contribution in [0.4, 0.5) is 0 Å². The maximum atomic E-state index is 12.4. The molecule has 9 nitrogen and oxygen atoms in total. The van der Waals surface area contributed by atoms with Crippen molar-refractivity contribution in [1.82, 2.24) is 14.6 Å². The van der Waals surface area contributed by atoms with Crippen molar-refractivity contribution >= 4 is 11.6 Å². The van der Waals surface area contributed by atoms with Crippen LogP contribution in [0.1, 0.15) is 43.9 Å². The smallest absolute Gasteiger partial charge is 0.330 e. The first-order chi connectivity index (χ1) is 13.4. The summed E-state index contributed by atoms with van der Waals surface area (Å²) in [6, 6.07) is 6.88. The van der Waals surface area contributed by atoms with Gasteiger partial charge in [-0.1, -0.05) is 19.1 Å². The molecule has 0 radical (unpaired) electrons. The minimum absolute atomic E-state index is 0.107. The molecular formula is C19H22N4O5. The lowest BCUT2D eigenvalue weighted by Crippen LogP contribution is -2.32. The van der Waals surface area contributed by atoms with Crippen molar-refractivity contribution in [3.05, 3.63) is 56.2 Å². The number of aromatic nitrogens is 2. The average Bonchev–Trinajstić information content (AvgIpc) is 3.11. The molecule has 2 aromatic rings. The van der Waals surface area contributed by atoms with Gasteiger partial charge >= 0.3 is 5.69 Å². The zero-order valence-electron chi connectivity index (χ0n) is 15.9. The van der Waals surface area contributed by atoms with Crippen LogP contribution in [-0.2, 0) is 11.8 Å². The molecule has 2 heterocycles. The van der Waals surface area contributed by atoms with Crippen LogP contribution in [0, 0.1) is 0 Å². The molecule has 1 aromatic carbocycles. The molecule has 0 spiro atoms. The van der Waals surface area contributed by atoms with Crippen molar-refractivity contribution in [3.8, 4) is 11.6 Å². The van der Waals surface area contributed by atoms with Crippen LogP contribution in [0.25, 0.3) is 0 Å². The van der Waals surface area contributed by atoms with E-state index in [1.807, 2.05) is 31.2 Å². The third-order valence-electron chi connectivity index (χ3n) is 4.63. The van der Waals surface area contributed by atoms with Crippen LogP contribution in [0.15, 0.2) is 39.0 Å². The highest BCUT2D eigenvalue weighted by Crippen LogP contribution is 2.34. The summed E-state index contributed by atoms with van der Waals surface area (Å²) in [5.74, 6) is 0.0178. The molecular weight excluding hydrogens is 364 g/mol. The SMILES string of the molecule is CCOc1ccc([C@@H]2CC(c3c(O)n(C)c(=O)[nH]c3=O)=NN2C(=O)CC)cc1. The third-order valence-corrected chi connectivity index (χ3v) is 4.63. The normalized spacial score (nSPS) is 16.2. The molecule has 1 aliphatic heterocycles. The summed E-state index contributed by atoms with van der Waals surface area (Å²) in [6.45, 7) is 4.16. The van der Waals surface area contributed by atoms with E-state index in [2.05, 4.69) is 10.1 Å². The van der Waals surface area contributed by atoms with E-state index in [9.17, 15) is 19.5 Å². The van der Waals surface area contributed by atoms with Gasteiger partial charge < -0.3 is 9.84 Å². The van der Waals surface area contributed by atoms with Crippen LogP contribution in [0.5, 0.6) is 11.6 Å². The maximum absolute atomic E-state index is 12.4. The number of benzene rings is 1. The van der Waals surface area contributed by atoms with Gasteiger partial charge in [0.2, 0.25) is 11.8 Å². The largest absolute Gasteiger partial charge is 0.494 e. The van der Waals surface area contributed by atoms with E-state index in [-0.39, 0.29) is 30.0 Å². The number of nitrogens with zero attached hydrogens (tertiary/aromatic N) is 3. The Hall–Kier alpha value is -3.36. The fraction of sp³-hybridized carbons (Fsp3) is 0.368. The summed E-state index contributed by atoms with van der Waals surface area (Å²) >= 11 is 0. The predicted molar refractivity (Wildman–Crippen MR) is 103 cm³/mol. The van der Waals surface area contributed by atoms with Crippen molar-refractivity contribution in [2.75, 3.05) is 6.61 Å². The first kappa shape index (κ1) is 19.4. The lowest BCUT2D eigenvalue weighted by Gasteiger charge is -2.21. The van der Waals surface area contributed by atoms with Gasteiger partial charge in [-0.05, 0) is 24.6 Å². The van der Waals surface area contributed by atoms with Gasteiger partial charge in [0.05, 0.1) is 18.4 Å². The van der Waals surface area contributed by atoms with E-state index in [1.165, 1.54) is 12.1 Å².